The van der Waals surface area contributed by atoms with Crippen LogP contribution in [0.3, 0.4) is 0 Å². The molecule has 2 aromatic rings. The Balaban J connectivity index is 2.09. The van der Waals surface area contributed by atoms with Gasteiger partial charge in [0.05, 0.1) is 13.1 Å². The van der Waals surface area contributed by atoms with Gasteiger partial charge < -0.3 is 9.47 Å². The van der Waals surface area contributed by atoms with Crippen molar-refractivity contribution in [3.63, 3.8) is 0 Å². The fraction of sp³-hybridized carbons (Fsp3) is 0.444. The van der Waals surface area contributed by atoms with Gasteiger partial charge in [0.2, 0.25) is 0 Å². The Kier molecular flexibility index (Phi) is 4.83. The lowest BCUT2D eigenvalue weighted by atomic mass is 9.89. The van der Waals surface area contributed by atoms with Gasteiger partial charge in [-0.3, -0.25) is 0 Å². The Hall–Kier alpha value is -2.15. The van der Waals surface area contributed by atoms with Gasteiger partial charge in [0, 0.05) is 12.2 Å². The van der Waals surface area contributed by atoms with Crippen LogP contribution in [0, 0.1) is 0 Å². The molecule has 25 heavy (non-hydrogen) atoms. The monoisotopic (exact) mass is 353 g/mol. The van der Waals surface area contributed by atoms with E-state index in [2.05, 4.69) is 10.2 Å². The van der Waals surface area contributed by atoms with Crippen molar-refractivity contribution >= 4 is 0 Å². The molecule has 1 aliphatic carbocycles. The normalized spacial score (nSPS) is 14.8. The number of ether oxygens (including phenoxy) is 2. The zero-order valence-electron chi connectivity index (χ0n) is 14.8. The molecule has 4 nitrogen and oxygen atoms in total. The van der Waals surface area contributed by atoms with Crippen molar-refractivity contribution in [2.45, 2.75) is 38.8 Å². The summed E-state index contributed by atoms with van der Waals surface area (Å²) >= 11 is 0. The van der Waals surface area contributed by atoms with Crippen LogP contribution in [0.4, 0.5) is 13.2 Å². The van der Waals surface area contributed by atoms with Crippen LogP contribution in [0.1, 0.15) is 37.8 Å². The number of fused-ring (bicyclic) bond motifs is 1. The van der Waals surface area contributed by atoms with Crippen molar-refractivity contribution in [3.8, 4) is 17.0 Å². The van der Waals surface area contributed by atoms with Gasteiger partial charge in [0.1, 0.15) is 11.4 Å². The molecule has 3 rings (SSSR count). The topological polar surface area (TPSA) is 44.2 Å². The largest absolute Gasteiger partial charge is 0.467 e. The molecule has 0 radical (unpaired) electrons. The maximum absolute atomic E-state index is 13.1. The number of rotatable bonds is 5. The molecule has 1 aliphatic rings. The van der Waals surface area contributed by atoms with E-state index in [0.29, 0.717) is 17.9 Å². The van der Waals surface area contributed by atoms with Crippen LogP contribution < -0.4 is 4.74 Å². The third kappa shape index (κ3) is 3.92. The third-order valence-electron chi connectivity index (χ3n) is 4.15. The first-order valence-electron chi connectivity index (χ1n) is 8.69. The van der Waals surface area contributed by atoms with Gasteiger partial charge in [-0.1, -0.05) is 0 Å². The molecule has 1 aromatic carbocycles. The first kappa shape index (κ1) is 16.3. The van der Waals surface area contributed by atoms with Gasteiger partial charge in [-0.2, -0.15) is 23.4 Å². The highest BCUT2D eigenvalue weighted by Crippen LogP contribution is 2.39. The van der Waals surface area contributed by atoms with Crippen LogP contribution in [0.2, 0.25) is 0 Å². The van der Waals surface area contributed by atoms with Crippen molar-refractivity contribution in [2.75, 3.05) is 13.4 Å². The van der Waals surface area contributed by atoms with Crippen LogP contribution in [-0.4, -0.2) is 23.6 Å². The zero-order valence-corrected chi connectivity index (χ0v) is 13.8. The number of alkyl halides is 3. The second-order valence-electron chi connectivity index (χ2n) is 5.79. The number of hydrogen-bond acceptors (Lipinski definition) is 4. The lowest BCUT2D eigenvalue weighted by Gasteiger charge is -2.20. The Bertz CT molecular complexity index is 797. The second kappa shape index (κ2) is 7.39. The predicted molar refractivity (Wildman–Crippen MR) is 86.2 cm³/mol. The molecule has 0 aliphatic heterocycles. The van der Waals surface area contributed by atoms with E-state index in [1.807, 2.05) is 0 Å². The first-order valence-corrected chi connectivity index (χ1v) is 8.19. The van der Waals surface area contributed by atoms with E-state index in [1.54, 1.807) is 6.92 Å². The van der Waals surface area contributed by atoms with Crippen LogP contribution in [-0.2, 0) is 23.8 Å². The van der Waals surface area contributed by atoms with Crippen LogP contribution in [0.5, 0.6) is 5.75 Å². The number of benzene rings is 1. The summed E-state index contributed by atoms with van der Waals surface area (Å²) in [4.78, 5) is 0. The van der Waals surface area contributed by atoms with E-state index in [-0.39, 0.29) is 18.7 Å². The maximum atomic E-state index is 13.1. The van der Waals surface area contributed by atoms with Gasteiger partial charge in [-0.15, -0.1) is 0 Å². The van der Waals surface area contributed by atoms with E-state index >= 15 is 0 Å². The third-order valence-corrected chi connectivity index (χ3v) is 4.15. The van der Waals surface area contributed by atoms with Gasteiger partial charge in [-0.25, -0.2) is 0 Å². The number of hydrogen-bond donors (Lipinski definition) is 0. The van der Waals surface area contributed by atoms with E-state index < -0.39 is 11.7 Å². The summed E-state index contributed by atoms with van der Waals surface area (Å²) in [7, 11) is 0. The maximum Gasteiger partial charge on any atom is 0.416 e. The standard InChI is InChI=1S/C18H19F3N2O2/c1-2-24-11-25-16-9-13(18(19,20)21)7-8-15(16)17-14-6-4-3-5-12(14)10-22-23-17/h7-10H,2-6,11H2,1H3/i10D. The number of nitrogens with zero attached hydrogens (tertiary/aromatic N) is 2. The Morgan fingerprint density at radius 1 is 1.24 bits per heavy atom. The summed E-state index contributed by atoms with van der Waals surface area (Å²) < 4.78 is 57.7. The quantitative estimate of drug-likeness (QED) is 0.590. The van der Waals surface area contributed by atoms with Crippen molar-refractivity contribution in [1.29, 1.82) is 0 Å². The fourth-order valence-electron chi connectivity index (χ4n) is 2.90. The molecule has 1 aromatic heterocycles. The molecule has 0 fully saturated rings. The smallest absolute Gasteiger partial charge is 0.416 e. The second-order valence-corrected chi connectivity index (χ2v) is 5.79. The number of halogens is 3. The molecular formula is C18H19F3N2O2. The number of aromatic nitrogens is 2. The molecule has 1 heterocycles. The van der Waals surface area contributed by atoms with Gasteiger partial charge in [0.15, 0.2) is 6.79 Å². The minimum Gasteiger partial charge on any atom is -0.467 e. The van der Waals surface area contributed by atoms with Crippen molar-refractivity contribution in [1.82, 2.24) is 10.2 Å². The molecule has 7 heteroatoms. The summed E-state index contributed by atoms with van der Waals surface area (Å²) in [5, 5.41) is 7.99. The van der Waals surface area contributed by atoms with E-state index in [1.165, 1.54) is 6.07 Å². The summed E-state index contributed by atoms with van der Waals surface area (Å²) in [5.74, 6) is 0.0491. The van der Waals surface area contributed by atoms with Crippen LogP contribution in [0.25, 0.3) is 11.3 Å². The minimum atomic E-state index is -4.47. The summed E-state index contributed by atoms with van der Waals surface area (Å²) in [6, 6.07) is 3.32. The van der Waals surface area contributed by atoms with E-state index in [4.69, 9.17) is 10.8 Å². The Morgan fingerprint density at radius 2 is 2.04 bits per heavy atom. The minimum absolute atomic E-state index is 0.0491. The molecule has 0 bridgehead atoms. The lowest BCUT2D eigenvalue weighted by Crippen LogP contribution is -2.10. The van der Waals surface area contributed by atoms with Gasteiger partial charge >= 0.3 is 6.18 Å². The van der Waals surface area contributed by atoms with Crippen molar-refractivity contribution < 1.29 is 24.0 Å². The molecule has 134 valence electrons. The fourth-order valence-corrected chi connectivity index (χ4v) is 2.90. The van der Waals surface area contributed by atoms with Gasteiger partial charge in [0.25, 0.3) is 0 Å². The average molecular weight is 353 g/mol. The molecule has 0 amide bonds. The first-order chi connectivity index (χ1) is 12.4. The van der Waals surface area contributed by atoms with Crippen molar-refractivity contribution in [3.05, 3.63) is 41.1 Å². The van der Waals surface area contributed by atoms with E-state index in [9.17, 15) is 13.2 Å². The Labute approximate surface area is 145 Å². The SMILES string of the molecule is [2H]c1nnc(-c2ccc(C(F)(F)F)cc2OCOCC)c2c1CCCC2. The van der Waals surface area contributed by atoms with Crippen molar-refractivity contribution in [2.24, 2.45) is 0 Å². The molecule has 0 saturated carbocycles. The lowest BCUT2D eigenvalue weighted by molar-refractivity contribution is -0.137. The Morgan fingerprint density at radius 3 is 2.80 bits per heavy atom. The summed E-state index contributed by atoms with van der Waals surface area (Å²) in [5.41, 5.74) is 1.81. The highest BCUT2D eigenvalue weighted by Gasteiger charge is 2.32. The molecule has 0 atom stereocenters. The van der Waals surface area contributed by atoms with Crippen LogP contribution in [0.15, 0.2) is 24.4 Å². The highest BCUT2D eigenvalue weighted by molar-refractivity contribution is 5.71. The predicted octanol–water partition coefficient (Wildman–Crippen LogP) is 4.41. The van der Waals surface area contributed by atoms with Crippen LogP contribution >= 0.6 is 0 Å². The molecule has 0 N–H and O–H groups in total. The average Bonchev–Trinajstić information content (AvgIpc) is 2.62. The zero-order chi connectivity index (χ0) is 18.7. The molecular weight excluding hydrogens is 333 g/mol. The highest BCUT2D eigenvalue weighted by atomic mass is 19.4. The molecule has 0 spiro atoms. The van der Waals surface area contributed by atoms with E-state index in [0.717, 1.165) is 48.9 Å². The molecule has 0 unspecified atom stereocenters. The van der Waals surface area contributed by atoms with Gasteiger partial charge in [-0.05, 0) is 61.9 Å². The summed E-state index contributed by atoms with van der Waals surface area (Å²) in [6.07, 6.45) is -0.985. The molecule has 0 saturated heterocycles. The summed E-state index contributed by atoms with van der Waals surface area (Å²) in [6.45, 7) is 2.00.